The zero-order valence-corrected chi connectivity index (χ0v) is 24.3. The van der Waals surface area contributed by atoms with Gasteiger partial charge in [0, 0.05) is 30.7 Å². The monoisotopic (exact) mass is 569 g/mol. The van der Waals surface area contributed by atoms with E-state index in [1.807, 2.05) is 52.0 Å². The number of aromatic nitrogens is 1. The topological polar surface area (TPSA) is 102 Å². The molecule has 0 unspecified atom stereocenters. The lowest BCUT2D eigenvalue weighted by Crippen LogP contribution is -2.51. The zero-order valence-electron chi connectivity index (χ0n) is 22.7. The molecule has 8 nitrogen and oxygen atoms in total. The van der Waals surface area contributed by atoms with E-state index < -0.39 is 16.1 Å². The number of carbonyl (C=O) groups excluding carboxylic acids is 1. The molecule has 0 aliphatic rings. The Bertz CT molecular complexity index is 1450. The minimum atomic E-state index is -4.01. The average Bonchev–Trinajstić information content (AvgIpc) is 3.58. The van der Waals surface area contributed by atoms with Crippen molar-refractivity contribution < 1.29 is 22.4 Å². The van der Waals surface area contributed by atoms with Crippen molar-refractivity contribution in [2.75, 3.05) is 13.1 Å². The SMILES string of the molecule is CC(C)CN(CC(C)C)C(=O)[C@H](Cc1ccc(OCc2cncs2)cc1)NS(=O)(=O)c1ccc2ccoc2c1. The van der Waals surface area contributed by atoms with Crippen LogP contribution in [0.4, 0.5) is 0 Å². The van der Waals surface area contributed by atoms with E-state index >= 15 is 0 Å². The number of nitrogens with zero attached hydrogens (tertiary/aromatic N) is 2. The van der Waals surface area contributed by atoms with Crippen LogP contribution in [-0.2, 0) is 27.8 Å². The van der Waals surface area contributed by atoms with Crippen LogP contribution in [0.2, 0.25) is 0 Å². The van der Waals surface area contributed by atoms with Crippen molar-refractivity contribution >= 4 is 38.2 Å². The Morgan fingerprint density at radius 2 is 1.77 bits per heavy atom. The molecule has 0 saturated carbocycles. The van der Waals surface area contributed by atoms with Crippen molar-refractivity contribution in [3.8, 4) is 5.75 Å². The van der Waals surface area contributed by atoms with Gasteiger partial charge < -0.3 is 14.1 Å². The minimum absolute atomic E-state index is 0.0498. The van der Waals surface area contributed by atoms with Crippen LogP contribution < -0.4 is 9.46 Å². The molecule has 1 atom stereocenters. The van der Waals surface area contributed by atoms with Crippen molar-refractivity contribution in [1.29, 1.82) is 0 Å². The molecule has 1 amide bonds. The first-order valence-electron chi connectivity index (χ1n) is 13.0. The summed E-state index contributed by atoms with van der Waals surface area (Å²) in [5, 5.41) is 0.805. The highest BCUT2D eigenvalue weighted by molar-refractivity contribution is 7.89. The van der Waals surface area contributed by atoms with Crippen molar-refractivity contribution in [2.45, 2.75) is 51.7 Å². The largest absolute Gasteiger partial charge is 0.488 e. The average molecular weight is 570 g/mol. The lowest BCUT2D eigenvalue weighted by Gasteiger charge is -2.30. The van der Waals surface area contributed by atoms with E-state index in [0.717, 1.165) is 15.8 Å². The molecule has 10 heteroatoms. The molecule has 4 rings (SSSR count). The molecule has 0 spiro atoms. The first-order chi connectivity index (χ1) is 18.6. The molecule has 0 aliphatic carbocycles. The number of furan rings is 1. The maximum absolute atomic E-state index is 13.9. The molecule has 0 saturated heterocycles. The van der Waals surface area contributed by atoms with Crippen LogP contribution >= 0.6 is 11.3 Å². The van der Waals surface area contributed by atoms with Crippen LogP contribution in [-0.4, -0.2) is 43.3 Å². The summed E-state index contributed by atoms with van der Waals surface area (Å²) < 4.78 is 40.9. The van der Waals surface area contributed by atoms with E-state index in [0.29, 0.717) is 31.0 Å². The van der Waals surface area contributed by atoms with Gasteiger partial charge in [0.25, 0.3) is 0 Å². The fourth-order valence-electron chi connectivity index (χ4n) is 4.32. The fraction of sp³-hybridized carbons (Fsp3) is 0.379. The van der Waals surface area contributed by atoms with Gasteiger partial charge in [0.2, 0.25) is 15.9 Å². The maximum atomic E-state index is 13.9. The first-order valence-corrected chi connectivity index (χ1v) is 15.3. The predicted octanol–water partition coefficient (Wildman–Crippen LogP) is 5.50. The number of sulfonamides is 1. The summed E-state index contributed by atoms with van der Waals surface area (Å²) in [6.45, 7) is 9.68. The smallest absolute Gasteiger partial charge is 0.241 e. The summed E-state index contributed by atoms with van der Waals surface area (Å²) in [6.07, 6.45) is 3.48. The molecule has 39 heavy (non-hydrogen) atoms. The van der Waals surface area contributed by atoms with Gasteiger partial charge in [-0.15, -0.1) is 11.3 Å². The normalized spacial score (nSPS) is 12.8. The summed E-state index contributed by atoms with van der Waals surface area (Å²) >= 11 is 1.52. The lowest BCUT2D eigenvalue weighted by atomic mass is 10.0. The Morgan fingerprint density at radius 1 is 1.05 bits per heavy atom. The number of nitrogens with one attached hydrogen (secondary N) is 1. The number of hydrogen-bond acceptors (Lipinski definition) is 7. The molecule has 2 heterocycles. The fourth-order valence-corrected chi connectivity index (χ4v) is 6.03. The van der Waals surface area contributed by atoms with Gasteiger partial charge >= 0.3 is 0 Å². The van der Waals surface area contributed by atoms with E-state index in [-0.39, 0.29) is 29.1 Å². The Kier molecular flexibility index (Phi) is 9.42. The quantitative estimate of drug-likeness (QED) is 0.228. The standard InChI is InChI=1S/C29H35N3O5S2/c1-20(2)16-32(17-21(3)4)29(33)27(31-39(34,35)26-10-7-23-11-12-36-28(23)14-26)13-22-5-8-24(9-6-22)37-18-25-15-30-19-38-25/h5-12,14-15,19-21,27,31H,13,16-18H2,1-4H3/t27-/m0/s1. The van der Waals surface area contributed by atoms with Gasteiger partial charge in [-0.3, -0.25) is 9.78 Å². The van der Waals surface area contributed by atoms with Crippen LogP contribution in [0.15, 0.2) is 75.8 Å². The highest BCUT2D eigenvalue weighted by atomic mass is 32.2. The van der Waals surface area contributed by atoms with Crippen LogP contribution in [0.5, 0.6) is 5.75 Å². The van der Waals surface area contributed by atoms with E-state index in [9.17, 15) is 13.2 Å². The van der Waals surface area contributed by atoms with Crippen LogP contribution in [0.3, 0.4) is 0 Å². The van der Waals surface area contributed by atoms with Gasteiger partial charge in [0.15, 0.2) is 0 Å². The molecular weight excluding hydrogens is 534 g/mol. The third kappa shape index (κ3) is 7.90. The Morgan fingerprint density at radius 3 is 2.41 bits per heavy atom. The van der Waals surface area contributed by atoms with Crippen molar-refractivity contribution in [3.63, 3.8) is 0 Å². The van der Waals surface area contributed by atoms with Gasteiger partial charge in [0.1, 0.15) is 24.0 Å². The molecule has 0 bridgehead atoms. The Hall–Kier alpha value is -3.21. The highest BCUT2D eigenvalue weighted by Crippen LogP contribution is 2.22. The highest BCUT2D eigenvalue weighted by Gasteiger charge is 2.30. The van der Waals surface area contributed by atoms with Crippen LogP contribution in [0, 0.1) is 11.8 Å². The minimum Gasteiger partial charge on any atom is -0.488 e. The number of carbonyl (C=O) groups is 1. The zero-order chi connectivity index (χ0) is 28.0. The summed E-state index contributed by atoms with van der Waals surface area (Å²) in [7, 11) is -4.01. The van der Waals surface area contributed by atoms with Gasteiger partial charge in [-0.2, -0.15) is 4.72 Å². The molecule has 0 radical (unpaired) electrons. The maximum Gasteiger partial charge on any atom is 0.241 e. The molecule has 2 aromatic heterocycles. The number of benzene rings is 2. The second kappa shape index (κ2) is 12.8. The van der Waals surface area contributed by atoms with Crippen molar-refractivity contribution in [2.24, 2.45) is 11.8 Å². The second-order valence-corrected chi connectivity index (χ2v) is 13.1. The molecule has 208 valence electrons. The van der Waals surface area contributed by atoms with Crippen LogP contribution in [0.25, 0.3) is 11.0 Å². The third-order valence-electron chi connectivity index (χ3n) is 6.04. The van der Waals surface area contributed by atoms with Crippen molar-refractivity contribution in [1.82, 2.24) is 14.6 Å². The summed E-state index contributed by atoms with van der Waals surface area (Å²) in [5.41, 5.74) is 3.04. The Labute approximate surface area is 234 Å². The van der Waals surface area contributed by atoms with Crippen molar-refractivity contribution in [3.05, 3.63) is 76.9 Å². The number of fused-ring (bicyclic) bond motifs is 1. The Balaban J connectivity index is 1.57. The summed E-state index contributed by atoms with van der Waals surface area (Å²) in [4.78, 5) is 20.7. The van der Waals surface area contributed by atoms with Gasteiger partial charge in [0.05, 0.1) is 21.5 Å². The van der Waals surface area contributed by atoms with Crippen LogP contribution in [0.1, 0.15) is 38.1 Å². The van der Waals surface area contributed by atoms with Gasteiger partial charge in [-0.25, -0.2) is 8.42 Å². The predicted molar refractivity (Wildman–Crippen MR) is 153 cm³/mol. The molecule has 0 fully saturated rings. The van der Waals surface area contributed by atoms with E-state index in [2.05, 4.69) is 9.71 Å². The van der Waals surface area contributed by atoms with E-state index in [1.54, 1.807) is 28.7 Å². The summed E-state index contributed by atoms with van der Waals surface area (Å²) in [6, 6.07) is 12.9. The number of amides is 1. The second-order valence-electron chi connectivity index (χ2n) is 10.4. The molecule has 0 aliphatic heterocycles. The van der Waals surface area contributed by atoms with Gasteiger partial charge in [-0.1, -0.05) is 39.8 Å². The van der Waals surface area contributed by atoms with E-state index in [4.69, 9.17) is 9.15 Å². The van der Waals surface area contributed by atoms with Gasteiger partial charge in [-0.05, 0) is 54.2 Å². The molecular formula is C29H35N3O5S2. The third-order valence-corrected chi connectivity index (χ3v) is 8.27. The lowest BCUT2D eigenvalue weighted by molar-refractivity contribution is -0.134. The number of ether oxygens (including phenoxy) is 1. The number of hydrogen-bond donors (Lipinski definition) is 1. The first kappa shape index (κ1) is 28.8. The summed E-state index contributed by atoms with van der Waals surface area (Å²) in [5.74, 6) is 0.914. The molecule has 4 aromatic rings. The molecule has 2 aromatic carbocycles. The number of thiazole rings is 1. The molecule has 1 N–H and O–H groups in total. The number of rotatable bonds is 13. The van der Waals surface area contributed by atoms with E-state index in [1.165, 1.54) is 29.7 Å².